The Hall–Kier alpha value is -0.610. The molecule has 1 fully saturated rings. The van der Waals surface area contributed by atoms with E-state index in [0.29, 0.717) is 6.54 Å². The zero-order valence-electron chi connectivity index (χ0n) is 9.83. The number of amides is 1. The molecule has 0 aromatic rings. The highest BCUT2D eigenvalue weighted by molar-refractivity contribution is 5.78. The monoisotopic (exact) mass is 213 g/mol. The van der Waals surface area contributed by atoms with Crippen LogP contribution in [0.15, 0.2) is 0 Å². The van der Waals surface area contributed by atoms with Crippen molar-refractivity contribution in [1.29, 1.82) is 0 Å². The molecule has 0 aromatic heterocycles. The van der Waals surface area contributed by atoms with Gasteiger partial charge >= 0.3 is 0 Å². The third kappa shape index (κ3) is 4.18. The van der Waals surface area contributed by atoms with Gasteiger partial charge in [0.2, 0.25) is 5.91 Å². The third-order valence-corrected chi connectivity index (χ3v) is 2.83. The maximum absolute atomic E-state index is 11.7. The summed E-state index contributed by atoms with van der Waals surface area (Å²) in [5.41, 5.74) is 5.50. The van der Waals surface area contributed by atoms with Gasteiger partial charge in [-0.1, -0.05) is 0 Å². The van der Waals surface area contributed by atoms with Gasteiger partial charge in [0.05, 0.1) is 0 Å². The molecule has 0 unspecified atom stereocenters. The van der Waals surface area contributed by atoms with E-state index in [0.717, 1.165) is 32.5 Å². The molecular formula is C11H23N3O. The summed E-state index contributed by atoms with van der Waals surface area (Å²) in [6, 6.07) is 0.250. The largest absolute Gasteiger partial charge is 0.354 e. The lowest BCUT2D eigenvalue weighted by Gasteiger charge is -2.31. The SMILES string of the molecule is CC(C)NC(=O)C1CCN(CCN)CC1. The number of carbonyl (C=O) groups is 1. The predicted molar refractivity (Wildman–Crippen MR) is 61.5 cm³/mol. The second kappa shape index (κ2) is 6.08. The molecule has 0 bridgehead atoms. The van der Waals surface area contributed by atoms with E-state index in [1.807, 2.05) is 13.8 Å². The van der Waals surface area contributed by atoms with E-state index in [2.05, 4.69) is 10.2 Å². The Morgan fingerprint density at radius 2 is 2.07 bits per heavy atom. The lowest BCUT2D eigenvalue weighted by molar-refractivity contribution is -0.126. The number of likely N-dealkylation sites (tertiary alicyclic amines) is 1. The molecule has 88 valence electrons. The van der Waals surface area contributed by atoms with E-state index in [9.17, 15) is 4.79 Å². The highest BCUT2D eigenvalue weighted by atomic mass is 16.1. The van der Waals surface area contributed by atoms with E-state index in [1.54, 1.807) is 0 Å². The third-order valence-electron chi connectivity index (χ3n) is 2.83. The number of nitrogens with one attached hydrogen (secondary N) is 1. The molecule has 1 rings (SSSR count). The van der Waals surface area contributed by atoms with Gasteiger partial charge in [-0.3, -0.25) is 4.79 Å². The maximum atomic E-state index is 11.7. The zero-order valence-corrected chi connectivity index (χ0v) is 9.83. The Morgan fingerprint density at radius 1 is 1.47 bits per heavy atom. The van der Waals surface area contributed by atoms with Crippen LogP contribution < -0.4 is 11.1 Å². The first kappa shape index (κ1) is 12.5. The van der Waals surface area contributed by atoms with Gasteiger partial charge in [-0.05, 0) is 39.8 Å². The Labute approximate surface area is 92.2 Å². The van der Waals surface area contributed by atoms with E-state index in [1.165, 1.54) is 0 Å². The predicted octanol–water partition coefficient (Wildman–Crippen LogP) is 0.182. The summed E-state index contributed by atoms with van der Waals surface area (Å²) in [7, 11) is 0. The van der Waals surface area contributed by atoms with E-state index in [-0.39, 0.29) is 17.9 Å². The number of nitrogens with two attached hydrogens (primary N) is 1. The lowest BCUT2D eigenvalue weighted by atomic mass is 9.95. The van der Waals surface area contributed by atoms with E-state index >= 15 is 0 Å². The van der Waals surface area contributed by atoms with Gasteiger partial charge in [0.25, 0.3) is 0 Å². The standard InChI is InChI=1S/C11H23N3O/c1-9(2)13-11(15)10-3-6-14(7-4-10)8-5-12/h9-10H,3-8,12H2,1-2H3,(H,13,15). The highest BCUT2D eigenvalue weighted by Gasteiger charge is 2.24. The Kier molecular flexibility index (Phi) is 5.05. The molecule has 0 aliphatic carbocycles. The summed E-state index contributed by atoms with van der Waals surface area (Å²) in [6.07, 6.45) is 1.94. The second-order valence-electron chi connectivity index (χ2n) is 4.57. The number of hydrogen-bond acceptors (Lipinski definition) is 3. The number of hydrogen-bond donors (Lipinski definition) is 2. The molecule has 4 nitrogen and oxygen atoms in total. The van der Waals surface area contributed by atoms with Crippen molar-refractivity contribution in [2.24, 2.45) is 11.7 Å². The van der Waals surface area contributed by atoms with Crippen molar-refractivity contribution < 1.29 is 4.79 Å². The van der Waals surface area contributed by atoms with Crippen molar-refractivity contribution in [2.75, 3.05) is 26.2 Å². The summed E-state index contributed by atoms with van der Waals surface area (Å²) in [4.78, 5) is 14.1. The summed E-state index contributed by atoms with van der Waals surface area (Å²) in [5.74, 6) is 0.429. The molecule has 3 N–H and O–H groups in total. The number of carbonyl (C=O) groups excluding carboxylic acids is 1. The quantitative estimate of drug-likeness (QED) is 0.700. The van der Waals surface area contributed by atoms with Crippen LogP contribution in [0.4, 0.5) is 0 Å². The first-order valence-electron chi connectivity index (χ1n) is 5.86. The molecule has 0 atom stereocenters. The van der Waals surface area contributed by atoms with Gasteiger partial charge in [-0.15, -0.1) is 0 Å². The second-order valence-corrected chi connectivity index (χ2v) is 4.57. The first-order chi connectivity index (χ1) is 7.13. The molecule has 1 amide bonds. The average Bonchev–Trinajstić information content (AvgIpc) is 2.18. The van der Waals surface area contributed by atoms with Crippen LogP contribution in [-0.4, -0.2) is 43.0 Å². The van der Waals surface area contributed by atoms with Crippen LogP contribution in [0.2, 0.25) is 0 Å². The fraction of sp³-hybridized carbons (Fsp3) is 0.909. The maximum Gasteiger partial charge on any atom is 0.223 e. The van der Waals surface area contributed by atoms with Crippen LogP contribution >= 0.6 is 0 Å². The van der Waals surface area contributed by atoms with Crippen LogP contribution in [0.3, 0.4) is 0 Å². The molecular weight excluding hydrogens is 190 g/mol. The average molecular weight is 213 g/mol. The van der Waals surface area contributed by atoms with Gasteiger partial charge in [-0.2, -0.15) is 0 Å². The molecule has 1 heterocycles. The molecule has 0 aromatic carbocycles. The van der Waals surface area contributed by atoms with Gasteiger partial charge in [0, 0.05) is 25.0 Å². The minimum absolute atomic E-state index is 0.210. The minimum Gasteiger partial charge on any atom is -0.354 e. The van der Waals surface area contributed by atoms with E-state index < -0.39 is 0 Å². The fourth-order valence-electron chi connectivity index (χ4n) is 2.00. The molecule has 1 saturated heterocycles. The summed E-state index contributed by atoms with van der Waals surface area (Å²) < 4.78 is 0. The van der Waals surface area contributed by atoms with Crippen molar-refractivity contribution in [3.63, 3.8) is 0 Å². The molecule has 0 saturated carbocycles. The van der Waals surface area contributed by atoms with Gasteiger partial charge in [0.1, 0.15) is 0 Å². The van der Waals surface area contributed by atoms with Crippen LogP contribution in [-0.2, 0) is 4.79 Å². The van der Waals surface area contributed by atoms with Crippen LogP contribution in [0.1, 0.15) is 26.7 Å². The Morgan fingerprint density at radius 3 is 2.53 bits per heavy atom. The number of rotatable bonds is 4. The highest BCUT2D eigenvalue weighted by Crippen LogP contribution is 2.16. The summed E-state index contributed by atoms with van der Waals surface area (Å²) in [5, 5.41) is 2.98. The Balaban J connectivity index is 2.27. The number of piperidine rings is 1. The smallest absolute Gasteiger partial charge is 0.223 e. The van der Waals surface area contributed by atoms with Gasteiger partial charge in [-0.25, -0.2) is 0 Å². The fourth-order valence-corrected chi connectivity index (χ4v) is 2.00. The van der Waals surface area contributed by atoms with Crippen LogP contribution in [0, 0.1) is 5.92 Å². The minimum atomic E-state index is 0.210. The molecule has 1 aliphatic rings. The zero-order chi connectivity index (χ0) is 11.3. The molecule has 0 radical (unpaired) electrons. The lowest BCUT2D eigenvalue weighted by Crippen LogP contribution is -2.43. The van der Waals surface area contributed by atoms with E-state index in [4.69, 9.17) is 5.73 Å². The van der Waals surface area contributed by atoms with Gasteiger partial charge in [0.15, 0.2) is 0 Å². The van der Waals surface area contributed by atoms with Crippen molar-refractivity contribution in [2.45, 2.75) is 32.7 Å². The van der Waals surface area contributed by atoms with Crippen molar-refractivity contribution in [3.05, 3.63) is 0 Å². The number of nitrogens with zero attached hydrogens (tertiary/aromatic N) is 1. The van der Waals surface area contributed by atoms with Crippen molar-refractivity contribution in [3.8, 4) is 0 Å². The van der Waals surface area contributed by atoms with Crippen molar-refractivity contribution >= 4 is 5.91 Å². The Bertz CT molecular complexity index is 198. The first-order valence-corrected chi connectivity index (χ1v) is 5.86. The molecule has 15 heavy (non-hydrogen) atoms. The van der Waals surface area contributed by atoms with Crippen molar-refractivity contribution in [1.82, 2.24) is 10.2 Å². The van der Waals surface area contributed by atoms with Crippen LogP contribution in [0.5, 0.6) is 0 Å². The van der Waals surface area contributed by atoms with Gasteiger partial charge < -0.3 is 16.0 Å². The van der Waals surface area contributed by atoms with Crippen LogP contribution in [0.25, 0.3) is 0 Å². The molecule has 1 aliphatic heterocycles. The molecule has 4 heteroatoms. The topological polar surface area (TPSA) is 58.4 Å². The summed E-state index contributed by atoms with van der Waals surface area (Å²) in [6.45, 7) is 7.69. The summed E-state index contributed by atoms with van der Waals surface area (Å²) >= 11 is 0. The molecule has 0 spiro atoms. The normalized spacial score (nSPS) is 19.5.